The fourth-order valence-electron chi connectivity index (χ4n) is 6.65. The Morgan fingerprint density at radius 1 is 1.19 bits per heavy atom. The number of allylic oxidation sites excluding steroid dienone is 4. The van der Waals surface area contributed by atoms with Crippen molar-refractivity contribution in [2.24, 2.45) is 23.2 Å². The summed E-state index contributed by atoms with van der Waals surface area (Å²) in [5.41, 5.74) is 2.82. The normalized spacial score (nSPS) is 38.2. The van der Waals surface area contributed by atoms with E-state index in [1.54, 1.807) is 5.57 Å². The summed E-state index contributed by atoms with van der Waals surface area (Å²) < 4.78 is 0. The van der Waals surface area contributed by atoms with Gasteiger partial charge in [0.25, 0.3) is 0 Å². The van der Waals surface area contributed by atoms with Crippen LogP contribution in [0.3, 0.4) is 0 Å². The number of aliphatic hydroxyl groups excluding tert-OH is 3. The van der Waals surface area contributed by atoms with Crippen LogP contribution in [0, 0.1) is 23.2 Å². The molecule has 4 heteroatoms. The van der Waals surface area contributed by atoms with Gasteiger partial charge in [0.05, 0.1) is 18.8 Å². The molecule has 0 aromatic heterocycles. The van der Waals surface area contributed by atoms with E-state index < -0.39 is 18.3 Å². The maximum Gasteiger partial charge on any atom is 0.111 e. The highest BCUT2D eigenvalue weighted by atomic mass is 16.4. The standard InChI is InChI=1S/C27H44O4/c1-18-7-11-22(29)16-21(18)10-9-20-6-5-15-26(3)23(12-13-24(20)26)19(2)8-14-25(30)27(4,31)17-28/h9-10,19,22-25,28-31H,1,5-8,11-17H2,2-4H3/b20-9+,21-10+/t19-,22+,23-,24+,25?,26-,27?/m1/s1. The van der Waals surface area contributed by atoms with Crippen molar-refractivity contribution in [3.63, 3.8) is 0 Å². The molecular weight excluding hydrogens is 388 g/mol. The fraction of sp³-hybridized carbons (Fsp3) is 0.778. The van der Waals surface area contributed by atoms with E-state index in [0.29, 0.717) is 24.2 Å². The molecule has 3 saturated carbocycles. The van der Waals surface area contributed by atoms with Crippen molar-refractivity contribution in [1.29, 1.82) is 0 Å². The summed E-state index contributed by atoms with van der Waals surface area (Å²) in [5, 5.41) is 39.7. The monoisotopic (exact) mass is 432 g/mol. The lowest BCUT2D eigenvalue weighted by Gasteiger charge is -2.44. The van der Waals surface area contributed by atoms with Crippen LogP contribution in [0.15, 0.2) is 35.5 Å². The number of hydrogen-bond donors (Lipinski definition) is 4. The van der Waals surface area contributed by atoms with E-state index in [1.807, 2.05) is 0 Å². The number of fused-ring (bicyclic) bond motifs is 1. The molecule has 0 saturated heterocycles. The first-order chi connectivity index (χ1) is 14.6. The molecule has 2 unspecified atom stereocenters. The molecule has 0 amide bonds. The molecular formula is C27H44O4. The fourth-order valence-corrected chi connectivity index (χ4v) is 6.65. The maximum atomic E-state index is 10.3. The highest BCUT2D eigenvalue weighted by molar-refractivity contribution is 5.36. The molecule has 31 heavy (non-hydrogen) atoms. The largest absolute Gasteiger partial charge is 0.393 e. The summed E-state index contributed by atoms with van der Waals surface area (Å²) in [5.74, 6) is 1.70. The predicted molar refractivity (Wildman–Crippen MR) is 125 cm³/mol. The van der Waals surface area contributed by atoms with Crippen molar-refractivity contribution in [2.75, 3.05) is 6.61 Å². The van der Waals surface area contributed by atoms with E-state index in [9.17, 15) is 20.4 Å². The average molecular weight is 433 g/mol. The molecule has 4 nitrogen and oxygen atoms in total. The van der Waals surface area contributed by atoms with Gasteiger partial charge in [-0.25, -0.2) is 0 Å². The van der Waals surface area contributed by atoms with Gasteiger partial charge in [0.1, 0.15) is 5.60 Å². The smallest absolute Gasteiger partial charge is 0.111 e. The molecule has 0 bridgehead atoms. The maximum absolute atomic E-state index is 10.3. The van der Waals surface area contributed by atoms with Crippen LogP contribution >= 0.6 is 0 Å². The lowest BCUT2D eigenvalue weighted by molar-refractivity contribution is -0.0971. The lowest BCUT2D eigenvalue weighted by atomic mass is 9.60. The van der Waals surface area contributed by atoms with Crippen molar-refractivity contribution in [3.8, 4) is 0 Å². The van der Waals surface area contributed by atoms with Crippen LogP contribution in [0.4, 0.5) is 0 Å². The third-order valence-corrected chi connectivity index (χ3v) is 8.85. The van der Waals surface area contributed by atoms with Crippen molar-refractivity contribution in [2.45, 2.75) is 103 Å². The van der Waals surface area contributed by atoms with Gasteiger partial charge in [-0.3, -0.25) is 0 Å². The molecule has 3 aliphatic carbocycles. The lowest BCUT2D eigenvalue weighted by Crippen LogP contribution is -2.43. The zero-order chi connectivity index (χ0) is 22.8. The second-order valence-electron chi connectivity index (χ2n) is 11.1. The van der Waals surface area contributed by atoms with Crippen LogP contribution in [0.5, 0.6) is 0 Å². The van der Waals surface area contributed by atoms with Gasteiger partial charge in [-0.15, -0.1) is 0 Å². The summed E-state index contributed by atoms with van der Waals surface area (Å²) in [6, 6.07) is 0. The van der Waals surface area contributed by atoms with Gasteiger partial charge in [-0.2, -0.15) is 0 Å². The van der Waals surface area contributed by atoms with Crippen molar-refractivity contribution in [1.82, 2.24) is 0 Å². The van der Waals surface area contributed by atoms with E-state index in [4.69, 9.17) is 0 Å². The Balaban J connectivity index is 1.68. The van der Waals surface area contributed by atoms with Gasteiger partial charge in [-0.1, -0.05) is 43.7 Å². The number of rotatable bonds is 7. The zero-order valence-corrected chi connectivity index (χ0v) is 19.8. The minimum atomic E-state index is -1.42. The van der Waals surface area contributed by atoms with Crippen molar-refractivity contribution < 1.29 is 20.4 Å². The van der Waals surface area contributed by atoms with Crippen LogP contribution in [0.25, 0.3) is 0 Å². The predicted octanol–water partition coefficient (Wildman–Crippen LogP) is 4.68. The first-order valence-electron chi connectivity index (χ1n) is 12.4. The van der Waals surface area contributed by atoms with Crippen LogP contribution in [-0.2, 0) is 0 Å². The van der Waals surface area contributed by atoms with Crippen molar-refractivity contribution >= 4 is 0 Å². The molecule has 0 spiro atoms. The van der Waals surface area contributed by atoms with E-state index >= 15 is 0 Å². The second-order valence-corrected chi connectivity index (χ2v) is 11.1. The molecule has 0 aromatic carbocycles. The summed E-state index contributed by atoms with van der Waals surface area (Å²) in [6.45, 7) is 10.1. The Morgan fingerprint density at radius 2 is 1.94 bits per heavy atom. The third kappa shape index (κ3) is 5.35. The minimum Gasteiger partial charge on any atom is -0.393 e. The van der Waals surface area contributed by atoms with Crippen LogP contribution in [-0.4, -0.2) is 44.8 Å². The number of hydrogen-bond acceptors (Lipinski definition) is 4. The zero-order valence-electron chi connectivity index (χ0n) is 19.8. The first kappa shape index (κ1) is 24.7. The van der Waals surface area contributed by atoms with E-state index in [2.05, 4.69) is 32.6 Å². The van der Waals surface area contributed by atoms with E-state index in [1.165, 1.54) is 43.8 Å². The molecule has 0 aliphatic heterocycles. The van der Waals surface area contributed by atoms with E-state index in [-0.39, 0.29) is 11.5 Å². The molecule has 3 aliphatic rings. The summed E-state index contributed by atoms with van der Waals surface area (Å²) in [6.07, 6.45) is 13.4. The van der Waals surface area contributed by atoms with Gasteiger partial charge >= 0.3 is 0 Å². The summed E-state index contributed by atoms with van der Waals surface area (Å²) in [4.78, 5) is 0. The molecule has 3 fully saturated rings. The molecule has 4 N–H and O–H groups in total. The molecule has 3 rings (SSSR count). The summed E-state index contributed by atoms with van der Waals surface area (Å²) in [7, 11) is 0. The first-order valence-corrected chi connectivity index (χ1v) is 12.4. The van der Waals surface area contributed by atoms with Gasteiger partial charge in [0.15, 0.2) is 0 Å². The van der Waals surface area contributed by atoms with E-state index in [0.717, 1.165) is 32.1 Å². The van der Waals surface area contributed by atoms with Gasteiger partial charge in [0.2, 0.25) is 0 Å². The molecule has 176 valence electrons. The average Bonchev–Trinajstić information content (AvgIpc) is 3.09. The van der Waals surface area contributed by atoms with Crippen LogP contribution < -0.4 is 0 Å². The molecule has 0 radical (unpaired) electrons. The van der Waals surface area contributed by atoms with Crippen LogP contribution in [0.2, 0.25) is 0 Å². The van der Waals surface area contributed by atoms with Crippen LogP contribution in [0.1, 0.15) is 85.0 Å². The topological polar surface area (TPSA) is 80.9 Å². The van der Waals surface area contributed by atoms with Gasteiger partial charge in [-0.05, 0) is 99.9 Å². The summed E-state index contributed by atoms with van der Waals surface area (Å²) >= 11 is 0. The number of aliphatic hydroxyl groups is 4. The minimum absolute atomic E-state index is 0.231. The second kappa shape index (κ2) is 9.91. The quantitative estimate of drug-likeness (QED) is 0.471. The Labute approximate surface area is 188 Å². The Hall–Kier alpha value is -0.940. The highest BCUT2D eigenvalue weighted by Gasteiger charge is 2.50. The van der Waals surface area contributed by atoms with Crippen molar-refractivity contribution in [3.05, 3.63) is 35.5 Å². The SMILES string of the molecule is C=C1CC[C@H](O)C/C1=C\C=C1/CCC[C@]2(C)[C@@H]([C@H](C)CCC(O)C(C)(O)CO)CC[C@@H]12. The Morgan fingerprint density at radius 3 is 2.65 bits per heavy atom. The van der Waals surface area contributed by atoms with Gasteiger partial charge < -0.3 is 20.4 Å². The third-order valence-electron chi connectivity index (χ3n) is 8.85. The molecule has 0 aromatic rings. The molecule has 7 atom stereocenters. The Kier molecular flexibility index (Phi) is 7.89. The highest BCUT2D eigenvalue weighted by Crippen LogP contribution is 2.60. The Bertz CT molecular complexity index is 706. The van der Waals surface area contributed by atoms with Gasteiger partial charge in [0, 0.05) is 0 Å². The molecule has 0 heterocycles.